The number of Topliss-reactive ketones (excluding diaryl/α,β-unsaturated/α-hetero) is 1. The van der Waals surface area contributed by atoms with Gasteiger partial charge < -0.3 is 0 Å². The summed E-state index contributed by atoms with van der Waals surface area (Å²) < 4.78 is 0. The van der Waals surface area contributed by atoms with Gasteiger partial charge in [-0.05, 0) is 25.7 Å². The molecule has 0 N–H and O–H groups in total. The zero-order valence-electron chi connectivity index (χ0n) is 11.0. The van der Waals surface area contributed by atoms with Crippen LogP contribution >= 0.6 is 0 Å². The van der Waals surface area contributed by atoms with Crippen LogP contribution in [0.1, 0.15) is 72.6 Å². The van der Waals surface area contributed by atoms with Gasteiger partial charge in [0.1, 0.15) is 5.78 Å². The third-order valence-electron chi connectivity index (χ3n) is 3.22. The molecule has 1 nitrogen and oxygen atoms in total. The van der Waals surface area contributed by atoms with Crippen molar-refractivity contribution < 1.29 is 4.79 Å². The van der Waals surface area contributed by atoms with Gasteiger partial charge in [0.15, 0.2) is 0 Å². The Kier molecular flexibility index (Phi) is 8.74. The van der Waals surface area contributed by atoms with Crippen LogP contribution in [0, 0.1) is 11.8 Å². The first-order chi connectivity index (χ1) is 7.11. The molecule has 0 saturated heterocycles. The van der Waals surface area contributed by atoms with Gasteiger partial charge in [-0.3, -0.25) is 4.79 Å². The molecule has 0 bridgehead atoms. The minimum absolute atomic E-state index is 0.330. The molecular formula is C14H28O. The molecule has 0 aliphatic heterocycles. The van der Waals surface area contributed by atoms with Gasteiger partial charge >= 0.3 is 0 Å². The fourth-order valence-electron chi connectivity index (χ4n) is 2.09. The standard InChI is InChI=1S/C14H28O/c1-5-7-9-12(3)11-14(13(4)15)10-8-6-2/h12,14H,5-11H2,1-4H3/t12-,14?/m1/s1. The summed E-state index contributed by atoms with van der Waals surface area (Å²) in [5.41, 5.74) is 0. The zero-order valence-corrected chi connectivity index (χ0v) is 11.0. The Morgan fingerprint density at radius 2 is 1.60 bits per heavy atom. The maximum atomic E-state index is 11.5. The van der Waals surface area contributed by atoms with Crippen molar-refractivity contribution in [3.05, 3.63) is 0 Å². The lowest BCUT2D eigenvalue weighted by atomic mass is 9.86. The van der Waals surface area contributed by atoms with Crippen LogP contribution in [0.25, 0.3) is 0 Å². The molecule has 0 aromatic rings. The molecule has 0 heterocycles. The third-order valence-corrected chi connectivity index (χ3v) is 3.22. The van der Waals surface area contributed by atoms with E-state index < -0.39 is 0 Å². The Morgan fingerprint density at radius 3 is 2.07 bits per heavy atom. The molecule has 2 atom stereocenters. The smallest absolute Gasteiger partial charge is 0.132 e. The van der Waals surface area contributed by atoms with Crippen LogP contribution in [0.4, 0.5) is 0 Å². The Hall–Kier alpha value is -0.330. The first kappa shape index (κ1) is 14.7. The van der Waals surface area contributed by atoms with E-state index in [1.54, 1.807) is 6.92 Å². The Balaban J connectivity index is 3.87. The van der Waals surface area contributed by atoms with E-state index in [0.717, 1.165) is 18.8 Å². The molecule has 0 saturated carbocycles. The molecule has 0 rings (SSSR count). The average Bonchev–Trinajstić information content (AvgIpc) is 2.20. The van der Waals surface area contributed by atoms with E-state index in [4.69, 9.17) is 0 Å². The highest BCUT2D eigenvalue weighted by molar-refractivity contribution is 5.78. The van der Waals surface area contributed by atoms with E-state index in [0.29, 0.717) is 11.7 Å². The second kappa shape index (κ2) is 8.94. The molecule has 0 aliphatic carbocycles. The van der Waals surface area contributed by atoms with E-state index in [9.17, 15) is 4.79 Å². The molecule has 0 aromatic heterocycles. The van der Waals surface area contributed by atoms with E-state index in [1.807, 2.05) is 0 Å². The zero-order chi connectivity index (χ0) is 11.7. The van der Waals surface area contributed by atoms with Crippen molar-refractivity contribution in [1.82, 2.24) is 0 Å². The van der Waals surface area contributed by atoms with Crippen LogP contribution in [0.15, 0.2) is 0 Å². The summed E-state index contributed by atoms with van der Waals surface area (Å²) in [6.45, 7) is 8.47. The average molecular weight is 212 g/mol. The van der Waals surface area contributed by atoms with Crippen LogP contribution in [0.3, 0.4) is 0 Å². The number of hydrogen-bond acceptors (Lipinski definition) is 1. The van der Waals surface area contributed by atoms with Crippen molar-refractivity contribution in [3.63, 3.8) is 0 Å². The lowest BCUT2D eigenvalue weighted by molar-refractivity contribution is -0.121. The van der Waals surface area contributed by atoms with Gasteiger partial charge in [0.05, 0.1) is 0 Å². The summed E-state index contributed by atoms with van der Waals surface area (Å²) in [4.78, 5) is 11.5. The van der Waals surface area contributed by atoms with Gasteiger partial charge in [-0.25, -0.2) is 0 Å². The van der Waals surface area contributed by atoms with Crippen LogP contribution in [0.2, 0.25) is 0 Å². The fraction of sp³-hybridized carbons (Fsp3) is 0.929. The van der Waals surface area contributed by atoms with Gasteiger partial charge in [-0.15, -0.1) is 0 Å². The topological polar surface area (TPSA) is 17.1 Å². The van der Waals surface area contributed by atoms with E-state index >= 15 is 0 Å². The molecular weight excluding hydrogens is 184 g/mol. The molecule has 1 heteroatoms. The van der Waals surface area contributed by atoms with Gasteiger partial charge in [0, 0.05) is 5.92 Å². The van der Waals surface area contributed by atoms with Crippen LogP contribution in [-0.2, 0) is 4.79 Å². The second-order valence-corrected chi connectivity index (χ2v) is 4.93. The lowest BCUT2D eigenvalue weighted by Gasteiger charge is -2.18. The summed E-state index contributed by atoms with van der Waals surface area (Å²) in [5.74, 6) is 1.44. The van der Waals surface area contributed by atoms with E-state index in [1.165, 1.54) is 32.1 Å². The van der Waals surface area contributed by atoms with Crippen molar-refractivity contribution in [3.8, 4) is 0 Å². The Morgan fingerprint density at radius 1 is 1.07 bits per heavy atom. The predicted octanol–water partition coefficient (Wildman–Crippen LogP) is 4.60. The van der Waals surface area contributed by atoms with Crippen LogP contribution in [-0.4, -0.2) is 5.78 Å². The first-order valence-electron chi connectivity index (χ1n) is 6.62. The lowest BCUT2D eigenvalue weighted by Crippen LogP contribution is -2.14. The molecule has 1 unspecified atom stereocenters. The highest BCUT2D eigenvalue weighted by Crippen LogP contribution is 2.22. The first-order valence-corrected chi connectivity index (χ1v) is 6.62. The quantitative estimate of drug-likeness (QED) is 0.546. The third kappa shape index (κ3) is 7.58. The number of carbonyl (C=O) groups is 1. The van der Waals surface area contributed by atoms with E-state index in [2.05, 4.69) is 20.8 Å². The van der Waals surface area contributed by atoms with Gasteiger partial charge in [0.25, 0.3) is 0 Å². The highest BCUT2D eigenvalue weighted by Gasteiger charge is 2.16. The number of rotatable bonds is 9. The van der Waals surface area contributed by atoms with Crippen LogP contribution in [0.5, 0.6) is 0 Å². The summed E-state index contributed by atoms with van der Waals surface area (Å²) in [6, 6.07) is 0. The van der Waals surface area contributed by atoms with Gasteiger partial charge in [-0.1, -0.05) is 52.9 Å². The second-order valence-electron chi connectivity index (χ2n) is 4.93. The minimum Gasteiger partial charge on any atom is -0.300 e. The van der Waals surface area contributed by atoms with Crippen molar-refractivity contribution >= 4 is 5.78 Å². The maximum absolute atomic E-state index is 11.5. The number of carbonyl (C=O) groups excluding carboxylic acids is 1. The molecule has 0 radical (unpaired) electrons. The predicted molar refractivity (Wildman–Crippen MR) is 67.0 cm³/mol. The SMILES string of the molecule is CCCCC(C[C@H](C)CCCC)C(C)=O. The van der Waals surface area contributed by atoms with Crippen molar-refractivity contribution in [2.75, 3.05) is 0 Å². The van der Waals surface area contributed by atoms with Gasteiger partial charge in [0.2, 0.25) is 0 Å². The molecule has 0 spiro atoms. The van der Waals surface area contributed by atoms with E-state index in [-0.39, 0.29) is 0 Å². The fourth-order valence-corrected chi connectivity index (χ4v) is 2.09. The Labute approximate surface area is 95.6 Å². The Bertz CT molecular complexity index is 163. The summed E-state index contributed by atoms with van der Waals surface area (Å²) in [6.07, 6.45) is 8.46. The molecule has 90 valence electrons. The number of ketones is 1. The monoisotopic (exact) mass is 212 g/mol. The van der Waals surface area contributed by atoms with Gasteiger partial charge in [-0.2, -0.15) is 0 Å². The molecule has 0 fully saturated rings. The molecule has 15 heavy (non-hydrogen) atoms. The van der Waals surface area contributed by atoms with Crippen molar-refractivity contribution in [2.24, 2.45) is 11.8 Å². The van der Waals surface area contributed by atoms with Crippen molar-refractivity contribution in [1.29, 1.82) is 0 Å². The van der Waals surface area contributed by atoms with Crippen molar-refractivity contribution in [2.45, 2.75) is 72.6 Å². The summed E-state index contributed by atoms with van der Waals surface area (Å²) >= 11 is 0. The summed E-state index contributed by atoms with van der Waals surface area (Å²) in [5, 5.41) is 0. The minimum atomic E-state index is 0.330. The highest BCUT2D eigenvalue weighted by atomic mass is 16.1. The maximum Gasteiger partial charge on any atom is 0.132 e. The number of hydrogen-bond donors (Lipinski definition) is 0. The largest absolute Gasteiger partial charge is 0.300 e. The number of unbranched alkanes of at least 4 members (excludes halogenated alkanes) is 2. The normalized spacial score (nSPS) is 14.9. The van der Waals surface area contributed by atoms with Crippen LogP contribution < -0.4 is 0 Å². The summed E-state index contributed by atoms with van der Waals surface area (Å²) in [7, 11) is 0. The molecule has 0 aromatic carbocycles. The molecule has 0 amide bonds. The molecule has 0 aliphatic rings.